The highest BCUT2D eigenvalue weighted by Crippen LogP contribution is 2.22. The van der Waals surface area contributed by atoms with E-state index in [1.165, 1.54) is 5.57 Å². The lowest BCUT2D eigenvalue weighted by Gasteiger charge is -2.08. The van der Waals surface area contributed by atoms with Crippen LogP contribution in [-0.2, 0) is 0 Å². The highest BCUT2D eigenvalue weighted by molar-refractivity contribution is 14.1. The van der Waals surface area contributed by atoms with Crippen molar-refractivity contribution in [3.63, 3.8) is 0 Å². The topological polar surface area (TPSA) is 24.7 Å². The van der Waals surface area contributed by atoms with Gasteiger partial charge in [-0.15, -0.1) is 0 Å². The van der Waals surface area contributed by atoms with E-state index in [9.17, 15) is 0 Å². The Balaban J connectivity index is 2.45. The zero-order valence-corrected chi connectivity index (χ0v) is 7.32. The van der Waals surface area contributed by atoms with E-state index in [-0.39, 0.29) is 0 Å². The van der Waals surface area contributed by atoms with Gasteiger partial charge in [-0.3, -0.25) is 0 Å². The fourth-order valence-corrected chi connectivity index (χ4v) is 1.63. The molecule has 0 N–H and O–H groups in total. The third kappa shape index (κ3) is 0.847. The van der Waals surface area contributed by atoms with Crippen LogP contribution >= 0.6 is 22.6 Å². The van der Waals surface area contributed by atoms with Gasteiger partial charge in [0.25, 0.3) is 0 Å². The number of alkyl halides is 1. The fraction of sp³-hybridized carbons (Fsp3) is 0.143. The highest BCUT2D eigenvalue weighted by Gasteiger charge is 2.17. The quantitative estimate of drug-likeness (QED) is 0.458. The molecule has 3 heteroatoms. The van der Waals surface area contributed by atoms with E-state index in [0.717, 1.165) is 5.84 Å². The molecule has 2 heterocycles. The van der Waals surface area contributed by atoms with Crippen molar-refractivity contribution in [3.05, 3.63) is 23.9 Å². The first-order valence-electron chi connectivity index (χ1n) is 3.01. The number of hydrogen-bond acceptors (Lipinski definition) is 2. The molecule has 0 bridgehead atoms. The van der Waals surface area contributed by atoms with Crippen molar-refractivity contribution in [1.82, 2.24) is 0 Å². The van der Waals surface area contributed by atoms with Crippen LogP contribution in [0.5, 0.6) is 0 Å². The third-order valence-electron chi connectivity index (χ3n) is 1.46. The Labute approximate surface area is 72.6 Å². The summed E-state index contributed by atoms with van der Waals surface area (Å²) in [5.41, 5.74) is 1.23. The SMILES string of the molecule is I[C@@H]1C=CN=C2N=CC=C21. The average molecular weight is 244 g/mol. The van der Waals surface area contributed by atoms with Gasteiger partial charge in [0.15, 0.2) is 5.84 Å². The van der Waals surface area contributed by atoms with Gasteiger partial charge >= 0.3 is 0 Å². The van der Waals surface area contributed by atoms with Gasteiger partial charge < -0.3 is 0 Å². The average Bonchev–Trinajstić information content (AvgIpc) is 2.36. The van der Waals surface area contributed by atoms with Gasteiger partial charge in [0.2, 0.25) is 0 Å². The lowest BCUT2D eigenvalue weighted by atomic mass is 10.1. The number of fused-ring (bicyclic) bond motifs is 1. The summed E-state index contributed by atoms with van der Waals surface area (Å²) in [7, 11) is 0. The molecule has 1 atom stereocenters. The van der Waals surface area contributed by atoms with E-state index >= 15 is 0 Å². The number of hydrogen-bond donors (Lipinski definition) is 0. The Bertz CT molecular complexity index is 273. The lowest BCUT2D eigenvalue weighted by Crippen LogP contribution is -2.08. The molecule has 2 aliphatic heterocycles. The van der Waals surface area contributed by atoms with Crippen LogP contribution in [0.2, 0.25) is 0 Å². The summed E-state index contributed by atoms with van der Waals surface area (Å²) in [6.07, 6.45) is 7.68. The summed E-state index contributed by atoms with van der Waals surface area (Å²) < 4.78 is 0.451. The Morgan fingerprint density at radius 2 is 2.40 bits per heavy atom. The number of aliphatic imine (C=N–C) groups is 2. The smallest absolute Gasteiger partial charge is 0.156 e. The Morgan fingerprint density at radius 1 is 1.50 bits per heavy atom. The maximum absolute atomic E-state index is 4.11. The first-order chi connectivity index (χ1) is 4.88. The molecule has 2 rings (SSSR count). The van der Waals surface area contributed by atoms with Crippen molar-refractivity contribution in [1.29, 1.82) is 0 Å². The van der Waals surface area contributed by atoms with Crippen molar-refractivity contribution < 1.29 is 0 Å². The van der Waals surface area contributed by atoms with Crippen LogP contribution < -0.4 is 0 Å². The molecule has 0 fully saturated rings. The van der Waals surface area contributed by atoms with Crippen LogP contribution in [-0.4, -0.2) is 16.0 Å². The van der Waals surface area contributed by atoms with Crippen molar-refractivity contribution >= 4 is 34.6 Å². The molecular weight excluding hydrogens is 239 g/mol. The number of nitrogens with zero attached hydrogens (tertiary/aromatic N) is 2. The number of halogens is 1. The summed E-state index contributed by atoms with van der Waals surface area (Å²) in [5.74, 6) is 0.877. The van der Waals surface area contributed by atoms with Gasteiger partial charge in [0.1, 0.15) is 0 Å². The van der Waals surface area contributed by atoms with E-state index in [4.69, 9.17) is 0 Å². The maximum atomic E-state index is 4.11. The second-order valence-electron chi connectivity index (χ2n) is 2.10. The van der Waals surface area contributed by atoms with Crippen LogP contribution in [0.4, 0.5) is 0 Å². The molecule has 2 aliphatic rings. The predicted molar refractivity (Wildman–Crippen MR) is 51.0 cm³/mol. The van der Waals surface area contributed by atoms with Crippen LogP contribution in [0, 0.1) is 0 Å². The minimum atomic E-state index is 0.451. The first-order valence-corrected chi connectivity index (χ1v) is 4.25. The normalized spacial score (nSPS) is 27.9. The fourth-order valence-electron chi connectivity index (χ4n) is 0.953. The van der Waals surface area contributed by atoms with E-state index in [1.807, 2.05) is 12.3 Å². The van der Waals surface area contributed by atoms with E-state index in [1.54, 1.807) is 6.21 Å². The maximum Gasteiger partial charge on any atom is 0.156 e. The number of amidine groups is 1. The Kier molecular flexibility index (Phi) is 1.44. The summed E-state index contributed by atoms with van der Waals surface area (Å²) in [6.45, 7) is 0. The Hall–Kier alpha value is -0.450. The van der Waals surface area contributed by atoms with Gasteiger partial charge in [-0.2, -0.15) is 0 Å². The third-order valence-corrected chi connectivity index (χ3v) is 2.54. The van der Waals surface area contributed by atoms with Crippen molar-refractivity contribution in [2.75, 3.05) is 0 Å². The summed E-state index contributed by atoms with van der Waals surface area (Å²) in [6, 6.07) is 0. The largest absolute Gasteiger partial charge is 0.237 e. The first kappa shape index (κ1) is 6.27. The zero-order chi connectivity index (χ0) is 6.97. The van der Waals surface area contributed by atoms with E-state index in [2.05, 4.69) is 38.7 Å². The van der Waals surface area contributed by atoms with Gasteiger partial charge in [-0.1, -0.05) is 22.6 Å². The predicted octanol–water partition coefficient (Wildman–Crippen LogP) is 1.73. The minimum Gasteiger partial charge on any atom is -0.237 e. The van der Waals surface area contributed by atoms with E-state index in [0.29, 0.717) is 3.92 Å². The summed E-state index contributed by atoms with van der Waals surface area (Å²) in [4.78, 5) is 8.19. The Morgan fingerprint density at radius 3 is 3.20 bits per heavy atom. The molecule has 0 saturated heterocycles. The van der Waals surface area contributed by atoms with Gasteiger partial charge in [-0.05, 0) is 12.2 Å². The van der Waals surface area contributed by atoms with Crippen LogP contribution in [0.15, 0.2) is 33.9 Å². The minimum absolute atomic E-state index is 0.451. The molecule has 50 valence electrons. The van der Waals surface area contributed by atoms with Crippen molar-refractivity contribution in [2.45, 2.75) is 3.92 Å². The number of rotatable bonds is 0. The van der Waals surface area contributed by atoms with Gasteiger partial charge in [0.05, 0.1) is 3.92 Å². The van der Waals surface area contributed by atoms with Gasteiger partial charge in [0, 0.05) is 18.0 Å². The molecule has 2 nitrogen and oxygen atoms in total. The molecule has 0 unspecified atom stereocenters. The molecule has 0 aliphatic carbocycles. The van der Waals surface area contributed by atoms with Crippen molar-refractivity contribution in [2.24, 2.45) is 9.98 Å². The molecule has 10 heavy (non-hydrogen) atoms. The zero-order valence-electron chi connectivity index (χ0n) is 5.16. The summed E-state index contributed by atoms with van der Waals surface area (Å²) in [5, 5.41) is 0. The highest BCUT2D eigenvalue weighted by atomic mass is 127. The molecule has 0 amide bonds. The lowest BCUT2D eigenvalue weighted by molar-refractivity contribution is 1.30. The molecule has 0 spiro atoms. The van der Waals surface area contributed by atoms with Crippen LogP contribution in [0.3, 0.4) is 0 Å². The molecular formula is C7H5IN2. The molecule has 0 radical (unpaired) electrons. The monoisotopic (exact) mass is 244 g/mol. The van der Waals surface area contributed by atoms with Crippen LogP contribution in [0.1, 0.15) is 0 Å². The standard InChI is InChI=1S/C7H5IN2/c8-6-2-4-10-7-5(6)1-3-9-7/h1-4,6H/t6-/m1/s1. The second kappa shape index (κ2) is 2.30. The van der Waals surface area contributed by atoms with E-state index < -0.39 is 0 Å². The number of allylic oxidation sites excluding steroid dienone is 2. The van der Waals surface area contributed by atoms with Crippen LogP contribution in [0.25, 0.3) is 0 Å². The van der Waals surface area contributed by atoms with Gasteiger partial charge in [-0.25, -0.2) is 9.98 Å². The molecule has 0 aromatic rings. The van der Waals surface area contributed by atoms with Crippen molar-refractivity contribution in [3.8, 4) is 0 Å². The second-order valence-corrected chi connectivity index (χ2v) is 3.44. The molecule has 0 aromatic carbocycles. The molecule has 0 saturated carbocycles. The summed E-state index contributed by atoms with van der Waals surface area (Å²) >= 11 is 2.36. The molecule has 0 aromatic heterocycles.